The third-order valence-electron chi connectivity index (χ3n) is 2.97. The van der Waals surface area contributed by atoms with Gasteiger partial charge in [0, 0.05) is 25.7 Å². The highest BCUT2D eigenvalue weighted by atomic mass is 32.2. The van der Waals surface area contributed by atoms with Gasteiger partial charge >= 0.3 is 0 Å². The maximum Gasteiger partial charge on any atom is 0.270 e. The first kappa shape index (κ1) is 16.5. The van der Waals surface area contributed by atoms with Crippen LogP contribution in [-0.4, -0.2) is 44.8 Å². The van der Waals surface area contributed by atoms with Crippen LogP contribution in [0.5, 0.6) is 0 Å². The van der Waals surface area contributed by atoms with Crippen LogP contribution in [0, 0.1) is 17.0 Å². The summed E-state index contributed by atoms with van der Waals surface area (Å²) in [5.74, 6) is 0. The van der Waals surface area contributed by atoms with Crippen LogP contribution >= 0.6 is 0 Å². The number of nitro benzene ring substituents is 1. The molecule has 0 bridgehead atoms. The molecule has 0 heterocycles. The number of rotatable bonds is 7. The fraction of sp³-hybridized carbons (Fsp3) is 0.500. The highest BCUT2D eigenvalue weighted by Gasteiger charge is 2.24. The maximum absolute atomic E-state index is 12.4. The maximum atomic E-state index is 12.4. The van der Waals surface area contributed by atoms with E-state index >= 15 is 0 Å². The van der Waals surface area contributed by atoms with Gasteiger partial charge < -0.3 is 5.32 Å². The average molecular weight is 301 g/mol. The molecule has 0 unspecified atom stereocenters. The second kappa shape index (κ2) is 6.78. The van der Waals surface area contributed by atoms with Crippen LogP contribution in [0.4, 0.5) is 5.69 Å². The zero-order chi connectivity index (χ0) is 15.3. The predicted octanol–water partition coefficient (Wildman–Crippen LogP) is 1.13. The number of nitrogens with one attached hydrogen (secondary N) is 1. The molecule has 0 fully saturated rings. The van der Waals surface area contributed by atoms with Crippen LogP contribution in [0.2, 0.25) is 0 Å². The quantitative estimate of drug-likeness (QED) is 0.463. The highest BCUT2D eigenvalue weighted by molar-refractivity contribution is 7.89. The lowest BCUT2D eigenvalue weighted by molar-refractivity contribution is -0.385. The average Bonchev–Trinajstić information content (AvgIpc) is 2.38. The minimum absolute atomic E-state index is 0.0151. The van der Waals surface area contributed by atoms with Crippen LogP contribution in [-0.2, 0) is 10.0 Å². The van der Waals surface area contributed by atoms with Gasteiger partial charge in [-0.05, 0) is 32.5 Å². The predicted molar refractivity (Wildman–Crippen MR) is 76.2 cm³/mol. The van der Waals surface area contributed by atoms with E-state index in [1.54, 1.807) is 14.0 Å². The summed E-state index contributed by atoms with van der Waals surface area (Å²) in [6.45, 7) is 2.68. The summed E-state index contributed by atoms with van der Waals surface area (Å²) in [5.41, 5.74) is 0.272. The van der Waals surface area contributed by atoms with Crippen molar-refractivity contribution in [2.24, 2.45) is 0 Å². The minimum Gasteiger partial charge on any atom is -0.320 e. The molecular weight excluding hydrogens is 282 g/mol. The van der Waals surface area contributed by atoms with Crippen molar-refractivity contribution in [2.75, 3.05) is 27.2 Å². The largest absolute Gasteiger partial charge is 0.320 e. The van der Waals surface area contributed by atoms with Gasteiger partial charge in [0.2, 0.25) is 10.0 Å². The van der Waals surface area contributed by atoms with Gasteiger partial charge in [-0.3, -0.25) is 10.1 Å². The van der Waals surface area contributed by atoms with Crippen molar-refractivity contribution in [1.82, 2.24) is 9.62 Å². The summed E-state index contributed by atoms with van der Waals surface area (Å²) in [4.78, 5) is 10.1. The molecule has 0 aromatic heterocycles. The van der Waals surface area contributed by atoms with E-state index in [0.717, 1.165) is 6.07 Å². The summed E-state index contributed by atoms with van der Waals surface area (Å²) in [5, 5.41) is 13.7. The highest BCUT2D eigenvalue weighted by Crippen LogP contribution is 2.24. The van der Waals surface area contributed by atoms with Crippen molar-refractivity contribution in [3.63, 3.8) is 0 Å². The minimum atomic E-state index is -3.71. The van der Waals surface area contributed by atoms with Crippen molar-refractivity contribution in [3.05, 3.63) is 33.9 Å². The van der Waals surface area contributed by atoms with E-state index in [2.05, 4.69) is 5.32 Å². The number of aryl methyl sites for hydroxylation is 1. The smallest absolute Gasteiger partial charge is 0.270 e. The van der Waals surface area contributed by atoms with E-state index in [0.29, 0.717) is 25.1 Å². The fourth-order valence-corrected chi connectivity index (χ4v) is 3.20. The molecule has 0 aliphatic rings. The Labute approximate surface area is 118 Å². The van der Waals surface area contributed by atoms with Gasteiger partial charge in [-0.25, -0.2) is 12.7 Å². The van der Waals surface area contributed by atoms with Crippen LogP contribution in [0.15, 0.2) is 23.1 Å². The van der Waals surface area contributed by atoms with Crippen LogP contribution in [0.3, 0.4) is 0 Å². The fourth-order valence-electron chi connectivity index (χ4n) is 1.75. The number of nitrogens with zero attached hydrogens (tertiary/aromatic N) is 2. The Morgan fingerprint density at radius 1 is 1.40 bits per heavy atom. The molecule has 0 aliphatic heterocycles. The topological polar surface area (TPSA) is 92.6 Å². The van der Waals surface area contributed by atoms with Gasteiger partial charge in [-0.15, -0.1) is 0 Å². The Balaban J connectivity index is 3.08. The first-order valence-electron chi connectivity index (χ1n) is 6.16. The lowest BCUT2D eigenvalue weighted by Crippen LogP contribution is -2.30. The lowest BCUT2D eigenvalue weighted by atomic mass is 10.2. The molecule has 1 aromatic carbocycles. The first-order chi connectivity index (χ1) is 9.30. The van der Waals surface area contributed by atoms with Gasteiger partial charge in [0.15, 0.2) is 0 Å². The number of sulfonamides is 1. The van der Waals surface area contributed by atoms with E-state index in [9.17, 15) is 18.5 Å². The van der Waals surface area contributed by atoms with E-state index in [1.165, 1.54) is 23.5 Å². The zero-order valence-corrected chi connectivity index (χ0v) is 12.6. The lowest BCUT2D eigenvalue weighted by Gasteiger charge is -2.18. The summed E-state index contributed by atoms with van der Waals surface area (Å²) < 4.78 is 26.0. The molecule has 0 atom stereocenters. The molecule has 8 heteroatoms. The molecule has 0 aliphatic carbocycles. The molecule has 0 radical (unpaired) electrons. The van der Waals surface area contributed by atoms with Gasteiger partial charge in [-0.2, -0.15) is 0 Å². The van der Waals surface area contributed by atoms with Crippen molar-refractivity contribution in [3.8, 4) is 0 Å². The van der Waals surface area contributed by atoms with E-state index in [4.69, 9.17) is 0 Å². The molecule has 0 saturated carbocycles. The van der Waals surface area contributed by atoms with Crippen molar-refractivity contribution >= 4 is 15.7 Å². The first-order valence-corrected chi connectivity index (χ1v) is 7.60. The van der Waals surface area contributed by atoms with E-state index in [1.807, 2.05) is 0 Å². The monoisotopic (exact) mass is 301 g/mol. The second-order valence-corrected chi connectivity index (χ2v) is 6.50. The summed E-state index contributed by atoms with van der Waals surface area (Å²) in [6.07, 6.45) is 0.667. The number of hydrogen-bond donors (Lipinski definition) is 1. The molecule has 112 valence electrons. The summed E-state index contributed by atoms with van der Waals surface area (Å²) in [7, 11) is -0.439. The molecule has 1 N–H and O–H groups in total. The van der Waals surface area contributed by atoms with Gasteiger partial charge in [0.05, 0.1) is 9.82 Å². The Morgan fingerprint density at radius 2 is 2.05 bits per heavy atom. The molecule has 1 rings (SSSR count). The SMILES string of the molecule is CNCCCN(C)S(=O)(=O)c1cc([N+](=O)[O-])ccc1C. The molecule has 0 saturated heterocycles. The van der Waals surface area contributed by atoms with Crippen LogP contribution in [0.1, 0.15) is 12.0 Å². The van der Waals surface area contributed by atoms with Crippen molar-refractivity contribution < 1.29 is 13.3 Å². The molecule has 7 nitrogen and oxygen atoms in total. The van der Waals surface area contributed by atoms with Crippen molar-refractivity contribution in [2.45, 2.75) is 18.2 Å². The summed E-state index contributed by atoms with van der Waals surface area (Å²) >= 11 is 0. The molecule has 20 heavy (non-hydrogen) atoms. The van der Waals surface area contributed by atoms with E-state index in [-0.39, 0.29) is 10.6 Å². The standard InChI is InChI=1S/C12H19N3O4S/c1-10-5-6-11(15(16)17)9-12(10)20(18,19)14(3)8-4-7-13-2/h5-6,9,13H,4,7-8H2,1-3H3. The van der Waals surface area contributed by atoms with Crippen molar-refractivity contribution in [1.29, 1.82) is 0 Å². The second-order valence-electron chi connectivity index (χ2n) is 4.49. The number of nitro groups is 1. The number of benzene rings is 1. The Morgan fingerprint density at radius 3 is 2.60 bits per heavy atom. The number of non-ortho nitro benzene ring substituents is 1. The summed E-state index contributed by atoms with van der Waals surface area (Å²) in [6, 6.07) is 3.86. The molecule has 0 amide bonds. The van der Waals surface area contributed by atoms with E-state index < -0.39 is 14.9 Å². The molecule has 1 aromatic rings. The van der Waals surface area contributed by atoms with Crippen LogP contribution in [0.25, 0.3) is 0 Å². The van der Waals surface area contributed by atoms with Crippen LogP contribution < -0.4 is 5.32 Å². The third-order valence-corrected chi connectivity index (χ3v) is 4.97. The molecule has 0 spiro atoms. The Kier molecular flexibility index (Phi) is 5.61. The third kappa shape index (κ3) is 3.75. The molecular formula is C12H19N3O4S. The van der Waals surface area contributed by atoms with Gasteiger partial charge in [0.25, 0.3) is 5.69 Å². The Hall–Kier alpha value is -1.51. The van der Waals surface area contributed by atoms with Gasteiger partial charge in [0.1, 0.15) is 0 Å². The number of hydrogen-bond acceptors (Lipinski definition) is 5. The normalized spacial score (nSPS) is 11.8. The Bertz CT molecular complexity index is 586. The van der Waals surface area contributed by atoms with Gasteiger partial charge in [-0.1, -0.05) is 6.07 Å². The zero-order valence-electron chi connectivity index (χ0n) is 11.8.